The molecule has 0 aliphatic carbocycles. The molecule has 61 valence electrons. The first-order valence-electron chi connectivity index (χ1n) is 2.95. The van der Waals surface area contributed by atoms with Crippen LogP contribution in [0.2, 0.25) is 0 Å². The molecule has 1 atom stereocenters. The molecule has 1 heterocycles. The lowest BCUT2D eigenvalue weighted by Gasteiger charge is -2.05. The predicted molar refractivity (Wildman–Crippen MR) is 37.3 cm³/mol. The number of nitrogens with zero attached hydrogens (tertiary/aromatic N) is 2. The number of ether oxygens (including phenoxy) is 1. The largest absolute Gasteiger partial charge is 0.473 e. The Morgan fingerprint density at radius 2 is 2.55 bits per heavy atom. The van der Waals surface area contributed by atoms with Gasteiger partial charge in [0.2, 0.25) is 0 Å². The van der Waals surface area contributed by atoms with E-state index in [9.17, 15) is 0 Å². The molecule has 0 amide bonds. The third-order valence-electron chi connectivity index (χ3n) is 0.929. The molecule has 11 heavy (non-hydrogen) atoms. The van der Waals surface area contributed by atoms with Crippen molar-refractivity contribution in [2.45, 2.75) is 6.10 Å². The molecule has 1 aromatic heterocycles. The third-order valence-corrected chi connectivity index (χ3v) is 1.35. The smallest absolute Gasteiger partial charge is 0.255 e. The van der Waals surface area contributed by atoms with Gasteiger partial charge in [-0.1, -0.05) is 0 Å². The highest BCUT2D eigenvalue weighted by Gasteiger charge is 2.03. The van der Waals surface area contributed by atoms with E-state index in [0.717, 1.165) is 11.7 Å². The second kappa shape index (κ2) is 4.22. The van der Waals surface area contributed by atoms with Gasteiger partial charge in [-0.15, -0.1) is 4.37 Å². The normalized spacial score (nSPS) is 12.9. The Bertz CT molecular complexity index is 192. The fourth-order valence-electron chi connectivity index (χ4n) is 0.424. The Balaban J connectivity index is 2.23. The number of aliphatic hydroxyl groups is 2. The van der Waals surface area contributed by atoms with E-state index in [1.165, 1.54) is 0 Å². The standard InChI is InChI=1S/C5H7N2O3S/c8-2-4(9)3-10-5-1-6-11-7-5/h4,8-9H,2-3H2. The van der Waals surface area contributed by atoms with Crippen molar-refractivity contribution in [1.29, 1.82) is 0 Å². The van der Waals surface area contributed by atoms with Crippen LogP contribution in [0.1, 0.15) is 0 Å². The number of hydrogen-bond acceptors (Lipinski definition) is 6. The molecule has 0 bridgehead atoms. The molecule has 2 N–H and O–H groups in total. The van der Waals surface area contributed by atoms with Crippen LogP contribution in [-0.4, -0.2) is 38.3 Å². The van der Waals surface area contributed by atoms with Crippen molar-refractivity contribution in [2.24, 2.45) is 0 Å². The van der Waals surface area contributed by atoms with Crippen molar-refractivity contribution in [3.8, 4) is 5.88 Å². The van der Waals surface area contributed by atoms with Crippen molar-refractivity contribution < 1.29 is 14.9 Å². The van der Waals surface area contributed by atoms with Crippen LogP contribution in [-0.2, 0) is 0 Å². The Morgan fingerprint density at radius 1 is 1.73 bits per heavy atom. The first-order chi connectivity index (χ1) is 5.33. The number of aliphatic hydroxyl groups excluding tert-OH is 2. The monoisotopic (exact) mass is 175 g/mol. The maximum absolute atomic E-state index is 8.82. The Morgan fingerprint density at radius 3 is 3.09 bits per heavy atom. The first-order valence-corrected chi connectivity index (χ1v) is 3.68. The van der Waals surface area contributed by atoms with E-state index in [-0.39, 0.29) is 19.1 Å². The lowest BCUT2D eigenvalue weighted by molar-refractivity contribution is 0.0523. The minimum Gasteiger partial charge on any atom is -0.473 e. The molecule has 0 aliphatic heterocycles. The van der Waals surface area contributed by atoms with Gasteiger partial charge in [0.15, 0.2) is 6.20 Å². The fourth-order valence-corrected chi connectivity index (χ4v) is 0.751. The van der Waals surface area contributed by atoms with Gasteiger partial charge in [-0.05, 0) is 0 Å². The summed E-state index contributed by atoms with van der Waals surface area (Å²) < 4.78 is 12.1. The van der Waals surface area contributed by atoms with E-state index < -0.39 is 6.10 Å². The summed E-state index contributed by atoms with van der Waals surface area (Å²) in [6, 6.07) is 0. The zero-order valence-electron chi connectivity index (χ0n) is 5.60. The summed E-state index contributed by atoms with van der Waals surface area (Å²) in [6.45, 7) is -0.310. The molecule has 1 rings (SSSR count). The van der Waals surface area contributed by atoms with Gasteiger partial charge in [-0.2, -0.15) is 4.37 Å². The second-order valence-corrected chi connectivity index (χ2v) is 2.36. The highest BCUT2D eigenvalue weighted by molar-refractivity contribution is 6.99. The molecule has 1 radical (unpaired) electrons. The Kier molecular flexibility index (Phi) is 3.21. The van der Waals surface area contributed by atoms with Crippen LogP contribution >= 0.6 is 11.7 Å². The summed E-state index contributed by atoms with van der Waals surface area (Å²) in [5.41, 5.74) is 0. The zero-order valence-corrected chi connectivity index (χ0v) is 6.41. The van der Waals surface area contributed by atoms with Crippen molar-refractivity contribution >= 4 is 11.7 Å². The van der Waals surface area contributed by atoms with E-state index in [1.54, 1.807) is 0 Å². The highest BCUT2D eigenvalue weighted by Crippen LogP contribution is 2.03. The van der Waals surface area contributed by atoms with Crippen molar-refractivity contribution in [1.82, 2.24) is 8.75 Å². The summed E-state index contributed by atoms with van der Waals surface area (Å²) in [6.07, 6.45) is 1.59. The molecule has 0 aromatic carbocycles. The van der Waals surface area contributed by atoms with E-state index in [1.807, 2.05) is 0 Å². The van der Waals surface area contributed by atoms with Crippen LogP contribution in [0.4, 0.5) is 0 Å². The molecule has 6 heteroatoms. The molecule has 0 spiro atoms. The van der Waals surface area contributed by atoms with Gasteiger partial charge in [-0.25, -0.2) is 0 Å². The van der Waals surface area contributed by atoms with E-state index >= 15 is 0 Å². The maximum atomic E-state index is 8.82. The van der Waals surface area contributed by atoms with E-state index in [2.05, 4.69) is 14.9 Å². The summed E-state index contributed by atoms with van der Waals surface area (Å²) in [5.74, 6) is 0.252. The summed E-state index contributed by atoms with van der Waals surface area (Å²) in [7, 11) is 0. The van der Waals surface area contributed by atoms with Crippen LogP contribution < -0.4 is 4.74 Å². The fraction of sp³-hybridized carbons (Fsp3) is 0.600. The minimum atomic E-state index is -0.870. The molecule has 1 aromatic rings. The predicted octanol–water partition coefficient (Wildman–Crippen LogP) is -0.930. The van der Waals surface area contributed by atoms with Crippen molar-refractivity contribution in [3.63, 3.8) is 0 Å². The van der Waals surface area contributed by atoms with Gasteiger partial charge in [0.25, 0.3) is 5.88 Å². The second-order valence-electron chi connectivity index (χ2n) is 1.83. The average Bonchev–Trinajstić information content (AvgIpc) is 2.52. The van der Waals surface area contributed by atoms with Gasteiger partial charge >= 0.3 is 0 Å². The van der Waals surface area contributed by atoms with Crippen molar-refractivity contribution in [2.75, 3.05) is 13.2 Å². The first kappa shape index (κ1) is 8.38. The minimum absolute atomic E-state index is 0.0123. The Hall–Kier alpha value is -0.720. The molecule has 5 nitrogen and oxygen atoms in total. The van der Waals surface area contributed by atoms with Crippen LogP contribution in [0.3, 0.4) is 0 Å². The lowest BCUT2D eigenvalue weighted by atomic mass is 10.4. The molecule has 0 saturated carbocycles. The van der Waals surface area contributed by atoms with Crippen LogP contribution in [0.5, 0.6) is 5.88 Å². The van der Waals surface area contributed by atoms with Gasteiger partial charge < -0.3 is 14.9 Å². The summed E-state index contributed by atoms with van der Waals surface area (Å²) in [4.78, 5) is 0. The molecule has 0 fully saturated rings. The van der Waals surface area contributed by atoms with Gasteiger partial charge in [0.05, 0.1) is 18.3 Å². The number of aromatic nitrogens is 2. The molecular formula is C5H7N2O3S. The molecule has 0 saturated heterocycles. The maximum Gasteiger partial charge on any atom is 0.255 e. The quantitative estimate of drug-likeness (QED) is 0.618. The third kappa shape index (κ3) is 2.79. The zero-order chi connectivity index (χ0) is 8.10. The topological polar surface area (TPSA) is 75.5 Å². The number of rotatable bonds is 4. The van der Waals surface area contributed by atoms with Crippen LogP contribution in [0.15, 0.2) is 0 Å². The lowest BCUT2D eigenvalue weighted by Crippen LogP contribution is -2.21. The van der Waals surface area contributed by atoms with E-state index in [0.29, 0.717) is 0 Å². The molecule has 0 aliphatic rings. The van der Waals surface area contributed by atoms with Gasteiger partial charge in [-0.3, -0.25) is 0 Å². The van der Waals surface area contributed by atoms with E-state index in [4.69, 9.17) is 14.9 Å². The van der Waals surface area contributed by atoms with Crippen LogP contribution in [0, 0.1) is 6.20 Å². The van der Waals surface area contributed by atoms with Gasteiger partial charge in [0, 0.05) is 0 Å². The SMILES string of the molecule is OCC(O)COc1[c]nsn1. The Labute approximate surface area is 67.6 Å². The van der Waals surface area contributed by atoms with Crippen LogP contribution in [0.25, 0.3) is 0 Å². The average molecular weight is 175 g/mol. The highest BCUT2D eigenvalue weighted by atomic mass is 32.1. The number of hydrogen-bond donors (Lipinski definition) is 2. The van der Waals surface area contributed by atoms with Gasteiger partial charge in [0.1, 0.15) is 12.7 Å². The molecular weight excluding hydrogens is 168 g/mol. The summed E-state index contributed by atoms with van der Waals surface area (Å²) >= 11 is 0.974. The van der Waals surface area contributed by atoms with Crippen molar-refractivity contribution in [3.05, 3.63) is 6.20 Å². The summed E-state index contributed by atoms with van der Waals surface area (Å²) in [5, 5.41) is 17.2. The molecule has 1 unspecified atom stereocenters.